The molecule has 2 rings (SSSR count). The zero-order valence-electron chi connectivity index (χ0n) is 11.3. The van der Waals surface area contributed by atoms with Crippen molar-refractivity contribution >= 4 is 0 Å². The van der Waals surface area contributed by atoms with Gasteiger partial charge < -0.3 is 15.2 Å². The maximum Gasteiger partial charge on any atom is 0.172 e. The lowest BCUT2D eigenvalue weighted by molar-refractivity contribution is -0.150. The molecule has 0 saturated heterocycles. The van der Waals surface area contributed by atoms with E-state index in [9.17, 15) is 0 Å². The van der Waals surface area contributed by atoms with Gasteiger partial charge in [-0.25, -0.2) is 0 Å². The van der Waals surface area contributed by atoms with Crippen LogP contribution < -0.4 is 5.73 Å². The van der Waals surface area contributed by atoms with Gasteiger partial charge in [-0.1, -0.05) is 24.3 Å². The topological polar surface area (TPSA) is 44.5 Å². The molecule has 0 bridgehead atoms. The molecule has 0 aromatic heterocycles. The summed E-state index contributed by atoms with van der Waals surface area (Å²) < 4.78 is 11.1. The van der Waals surface area contributed by atoms with E-state index >= 15 is 0 Å². The van der Waals surface area contributed by atoms with Crippen LogP contribution in [0.25, 0.3) is 0 Å². The summed E-state index contributed by atoms with van der Waals surface area (Å²) in [5, 5.41) is 0. The summed E-state index contributed by atoms with van der Waals surface area (Å²) in [4.78, 5) is 0. The second kappa shape index (κ2) is 6.32. The summed E-state index contributed by atoms with van der Waals surface area (Å²) in [5.74, 6) is 0.569. The molecule has 0 fully saturated rings. The second-order valence-electron chi connectivity index (χ2n) is 4.78. The predicted molar refractivity (Wildman–Crippen MR) is 72.5 cm³/mol. The van der Waals surface area contributed by atoms with Gasteiger partial charge in [0.15, 0.2) is 6.29 Å². The monoisotopic (exact) mass is 249 g/mol. The molecule has 3 nitrogen and oxygen atoms in total. The fraction of sp³-hybridized carbons (Fsp3) is 0.600. The van der Waals surface area contributed by atoms with Gasteiger partial charge in [0, 0.05) is 13.2 Å². The van der Waals surface area contributed by atoms with E-state index in [1.54, 1.807) is 0 Å². The van der Waals surface area contributed by atoms with Crippen LogP contribution in [0.15, 0.2) is 24.3 Å². The second-order valence-corrected chi connectivity index (χ2v) is 4.78. The van der Waals surface area contributed by atoms with Crippen molar-refractivity contribution in [1.29, 1.82) is 0 Å². The first-order chi connectivity index (χ1) is 8.76. The molecule has 0 amide bonds. The first kappa shape index (κ1) is 13.5. The fourth-order valence-corrected chi connectivity index (χ4v) is 2.64. The van der Waals surface area contributed by atoms with Crippen molar-refractivity contribution in [1.82, 2.24) is 0 Å². The van der Waals surface area contributed by atoms with E-state index < -0.39 is 0 Å². The van der Waals surface area contributed by atoms with Crippen molar-refractivity contribution in [3.05, 3.63) is 35.4 Å². The van der Waals surface area contributed by atoms with Crippen molar-refractivity contribution in [3.8, 4) is 0 Å². The van der Waals surface area contributed by atoms with Crippen molar-refractivity contribution in [2.75, 3.05) is 13.2 Å². The number of benzene rings is 1. The zero-order valence-corrected chi connectivity index (χ0v) is 11.3. The van der Waals surface area contributed by atoms with Gasteiger partial charge in [-0.2, -0.15) is 0 Å². The highest BCUT2D eigenvalue weighted by Gasteiger charge is 2.30. The average Bonchev–Trinajstić information content (AvgIpc) is 2.35. The lowest BCUT2D eigenvalue weighted by Crippen LogP contribution is -2.41. The molecule has 1 aromatic rings. The van der Waals surface area contributed by atoms with E-state index in [1.807, 2.05) is 13.8 Å². The van der Waals surface area contributed by atoms with Crippen LogP contribution in [-0.2, 0) is 15.9 Å². The largest absolute Gasteiger partial charge is 0.351 e. The van der Waals surface area contributed by atoms with Crippen molar-refractivity contribution in [2.45, 2.75) is 44.9 Å². The molecule has 0 spiro atoms. The van der Waals surface area contributed by atoms with E-state index in [-0.39, 0.29) is 12.3 Å². The van der Waals surface area contributed by atoms with E-state index in [0.717, 1.165) is 12.8 Å². The third-order valence-electron chi connectivity index (χ3n) is 3.53. The SMILES string of the molecule is CCOC(OCC)C(N)CC1Cc2ccccc21. The standard InChI is InChI=1S/C15H23NO2/c1-3-17-15(18-4-2)14(16)10-12-9-11-7-5-6-8-13(11)12/h5-8,12,14-15H,3-4,9-10,16H2,1-2H3. The lowest BCUT2D eigenvalue weighted by atomic mass is 9.74. The molecule has 0 aliphatic heterocycles. The van der Waals surface area contributed by atoms with E-state index in [4.69, 9.17) is 15.2 Å². The van der Waals surface area contributed by atoms with Gasteiger partial charge in [-0.15, -0.1) is 0 Å². The maximum absolute atomic E-state index is 6.21. The Kier molecular flexibility index (Phi) is 4.75. The molecule has 2 N–H and O–H groups in total. The Morgan fingerprint density at radius 1 is 1.22 bits per heavy atom. The number of hydrogen-bond acceptors (Lipinski definition) is 3. The highest BCUT2D eigenvalue weighted by Crippen LogP contribution is 2.38. The van der Waals surface area contributed by atoms with Crippen LogP contribution in [0.5, 0.6) is 0 Å². The smallest absolute Gasteiger partial charge is 0.172 e. The summed E-state index contributed by atoms with van der Waals surface area (Å²) in [6.45, 7) is 5.22. The molecule has 1 aliphatic rings. The normalized spacial score (nSPS) is 19.4. The van der Waals surface area contributed by atoms with E-state index in [2.05, 4.69) is 24.3 Å². The van der Waals surface area contributed by atoms with Crippen LogP contribution in [0.1, 0.15) is 37.3 Å². The number of nitrogens with two attached hydrogens (primary N) is 1. The van der Waals surface area contributed by atoms with Gasteiger partial charge in [0.2, 0.25) is 0 Å². The summed E-state index contributed by atoms with van der Waals surface area (Å²) >= 11 is 0. The third-order valence-corrected chi connectivity index (χ3v) is 3.53. The minimum absolute atomic E-state index is 0.0525. The molecule has 0 radical (unpaired) electrons. The van der Waals surface area contributed by atoms with Crippen LogP contribution >= 0.6 is 0 Å². The molecule has 18 heavy (non-hydrogen) atoms. The molecular weight excluding hydrogens is 226 g/mol. The van der Waals surface area contributed by atoms with E-state index in [1.165, 1.54) is 11.1 Å². The molecule has 3 heteroatoms. The Labute approximate surface area is 109 Å². The number of hydrogen-bond donors (Lipinski definition) is 1. The van der Waals surface area contributed by atoms with Crippen molar-refractivity contribution in [2.24, 2.45) is 5.73 Å². The highest BCUT2D eigenvalue weighted by molar-refractivity contribution is 5.39. The number of ether oxygens (including phenoxy) is 2. The Hall–Kier alpha value is -0.900. The molecule has 1 aromatic carbocycles. The molecule has 2 unspecified atom stereocenters. The number of fused-ring (bicyclic) bond motifs is 1. The van der Waals surface area contributed by atoms with Crippen LogP contribution in [0, 0.1) is 0 Å². The molecule has 100 valence electrons. The Morgan fingerprint density at radius 2 is 1.89 bits per heavy atom. The zero-order chi connectivity index (χ0) is 13.0. The quantitative estimate of drug-likeness (QED) is 0.755. The van der Waals surface area contributed by atoms with E-state index in [0.29, 0.717) is 19.1 Å². The van der Waals surface area contributed by atoms with Crippen molar-refractivity contribution in [3.63, 3.8) is 0 Å². The van der Waals surface area contributed by atoms with Gasteiger partial charge in [0.1, 0.15) is 0 Å². The van der Waals surface area contributed by atoms with Crippen molar-refractivity contribution < 1.29 is 9.47 Å². The fourth-order valence-electron chi connectivity index (χ4n) is 2.64. The van der Waals surface area contributed by atoms with Gasteiger partial charge in [-0.05, 0) is 43.7 Å². The molecule has 2 atom stereocenters. The minimum atomic E-state index is -0.271. The minimum Gasteiger partial charge on any atom is -0.351 e. The highest BCUT2D eigenvalue weighted by atomic mass is 16.7. The summed E-state index contributed by atoms with van der Waals surface area (Å²) in [5.41, 5.74) is 9.11. The average molecular weight is 249 g/mol. The molecule has 0 heterocycles. The summed E-state index contributed by atoms with van der Waals surface area (Å²) in [6, 6.07) is 8.53. The maximum atomic E-state index is 6.21. The van der Waals surface area contributed by atoms with Crippen LogP contribution in [0.3, 0.4) is 0 Å². The molecular formula is C15H23NO2. The van der Waals surface area contributed by atoms with Crippen LogP contribution in [0.2, 0.25) is 0 Å². The summed E-state index contributed by atoms with van der Waals surface area (Å²) in [7, 11) is 0. The van der Waals surface area contributed by atoms with Gasteiger partial charge in [-0.3, -0.25) is 0 Å². The first-order valence-corrected chi connectivity index (χ1v) is 6.82. The van der Waals surface area contributed by atoms with Crippen LogP contribution in [0.4, 0.5) is 0 Å². The van der Waals surface area contributed by atoms with Crippen LogP contribution in [-0.4, -0.2) is 25.5 Å². The Balaban J connectivity index is 1.90. The van der Waals surface area contributed by atoms with Gasteiger partial charge in [0.05, 0.1) is 6.04 Å². The van der Waals surface area contributed by atoms with Gasteiger partial charge in [0.25, 0.3) is 0 Å². The molecule has 0 saturated carbocycles. The number of rotatable bonds is 7. The molecule has 1 aliphatic carbocycles. The van der Waals surface area contributed by atoms with Gasteiger partial charge >= 0.3 is 0 Å². The summed E-state index contributed by atoms with van der Waals surface area (Å²) in [6.07, 6.45) is 1.80. The first-order valence-electron chi connectivity index (χ1n) is 6.82. The predicted octanol–water partition coefficient (Wildman–Crippen LogP) is 2.44. The third kappa shape index (κ3) is 2.91. The Bertz CT molecular complexity index is 375. The Morgan fingerprint density at radius 3 is 2.50 bits per heavy atom. The lowest BCUT2D eigenvalue weighted by Gasteiger charge is -2.34.